The SMILES string of the molecule is COc1ccc(C2(c3ccccc3C(C)C)C=Cc3c(ccc4cccc(Br)c34)O2)cc1. The predicted molar refractivity (Wildman–Crippen MR) is 136 cm³/mol. The summed E-state index contributed by atoms with van der Waals surface area (Å²) in [5.41, 5.74) is 3.88. The Labute approximate surface area is 197 Å². The van der Waals surface area contributed by atoms with E-state index in [4.69, 9.17) is 9.47 Å². The topological polar surface area (TPSA) is 18.5 Å². The van der Waals surface area contributed by atoms with Crippen LogP contribution in [0, 0.1) is 0 Å². The first kappa shape index (κ1) is 20.8. The van der Waals surface area contributed by atoms with Crippen molar-refractivity contribution in [3.63, 3.8) is 0 Å². The van der Waals surface area contributed by atoms with Crippen LogP contribution in [0.3, 0.4) is 0 Å². The summed E-state index contributed by atoms with van der Waals surface area (Å²) in [7, 11) is 1.69. The van der Waals surface area contributed by atoms with Crippen LogP contribution in [0.4, 0.5) is 0 Å². The van der Waals surface area contributed by atoms with Crippen molar-refractivity contribution in [1.82, 2.24) is 0 Å². The van der Waals surface area contributed by atoms with Gasteiger partial charge in [0.25, 0.3) is 0 Å². The summed E-state index contributed by atoms with van der Waals surface area (Å²) in [5.74, 6) is 2.07. The monoisotopic (exact) mass is 484 g/mol. The third-order valence-electron chi connectivity index (χ3n) is 6.25. The lowest BCUT2D eigenvalue weighted by Gasteiger charge is -2.38. The van der Waals surface area contributed by atoms with Crippen molar-refractivity contribution in [3.8, 4) is 11.5 Å². The molecular weight excluding hydrogens is 460 g/mol. The van der Waals surface area contributed by atoms with Crippen LogP contribution in [0.25, 0.3) is 16.8 Å². The van der Waals surface area contributed by atoms with Gasteiger partial charge in [0.05, 0.1) is 7.11 Å². The molecule has 0 spiro atoms. The summed E-state index contributed by atoms with van der Waals surface area (Å²) in [6, 6.07) is 27.3. The Bertz CT molecular complexity index is 1320. The fourth-order valence-corrected chi connectivity index (χ4v) is 5.23. The normalized spacial score (nSPS) is 17.3. The zero-order valence-corrected chi connectivity index (χ0v) is 20.0. The summed E-state index contributed by atoms with van der Waals surface area (Å²) < 4.78 is 13.5. The maximum atomic E-state index is 6.97. The first-order chi connectivity index (χ1) is 15.5. The van der Waals surface area contributed by atoms with Gasteiger partial charge < -0.3 is 9.47 Å². The average Bonchev–Trinajstić information content (AvgIpc) is 2.83. The second-order valence-corrected chi connectivity index (χ2v) is 9.31. The highest BCUT2D eigenvalue weighted by molar-refractivity contribution is 9.10. The highest BCUT2D eigenvalue weighted by Gasteiger charge is 2.39. The molecule has 1 atom stereocenters. The number of ether oxygens (including phenoxy) is 2. The van der Waals surface area contributed by atoms with E-state index in [1.54, 1.807) is 7.11 Å². The van der Waals surface area contributed by atoms with Gasteiger partial charge in [-0.3, -0.25) is 0 Å². The first-order valence-corrected chi connectivity index (χ1v) is 11.7. The maximum Gasteiger partial charge on any atom is 0.178 e. The minimum atomic E-state index is -0.727. The van der Waals surface area contributed by atoms with Gasteiger partial charge in [-0.1, -0.05) is 84.4 Å². The third-order valence-corrected chi connectivity index (χ3v) is 6.91. The fourth-order valence-electron chi connectivity index (χ4n) is 4.64. The van der Waals surface area contributed by atoms with Gasteiger partial charge in [0, 0.05) is 26.5 Å². The van der Waals surface area contributed by atoms with Gasteiger partial charge in [0.1, 0.15) is 11.5 Å². The molecular formula is C29H25BrO2. The minimum absolute atomic E-state index is 0.366. The van der Waals surface area contributed by atoms with Crippen molar-refractivity contribution >= 4 is 32.8 Å². The number of halogens is 1. The van der Waals surface area contributed by atoms with Crippen LogP contribution < -0.4 is 9.47 Å². The zero-order valence-electron chi connectivity index (χ0n) is 18.4. The van der Waals surface area contributed by atoms with Crippen LogP contribution in [-0.2, 0) is 5.60 Å². The molecule has 160 valence electrons. The number of hydrogen-bond acceptors (Lipinski definition) is 2. The van der Waals surface area contributed by atoms with Crippen molar-refractivity contribution in [2.75, 3.05) is 7.11 Å². The van der Waals surface area contributed by atoms with E-state index in [1.165, 1.54) is 16.3 Å². The molecule has 4 aromatic carbocycles. The van der Waals surface area contributed by atoms with Crippen molar-refractivity contribution < 1.29 is 9.47 Å². The van der Waals surface area contributed by atoms with E-state index in [0.29, 0.717) is 5.92 Å². The Balaban J connectivity index is 1.77. The Morgan fingerprint density at radius 3 is 2.41 bits per heavy atom. The largest absolute Gasteiger partial charge is 0.497 e. The molecule has 0 aromatic heterocycles. The molecule has 2 nitrogen and oxygen atoms in total. The third kappa shape index (κ3) is 3.32. The van der Waals surface area contributed by atoms with Gasteiger partial charge in [-0.15, -0.1) is 0 Å². The van der Waals surface area contributed by atoms with Crippen molar-refractivity contribution in [3.05, 3.63) is 112 Å². The van der Waals surface area contributed by atoms with Crippen molar-refractivity contribution in [2.24, 2.45) is 0 Å². The molecule has 1 unspecified atom stereocenters. The lowest BCUT2D eigenvalue weighted by atomic mass is 9.79. The molecule has 32 heavy (non-hydrogen) atoms. The molecule has 5 rings (SSSR count). The van der Waals surface area contributed by atoms with E-state index in [2.05, 4.69) is 109 Å². The van der Waals surface area contributed by atoms with Crippen LogP contribution >= 0.6 is 15.9 Å². The van der Waals surface area contributed by atoms with Gasteiger partial charge in [0.15, 0.2) is 5.60 Å². The Hall–Kier alpha value is -3.04. The van der Waals surface area contributed by atoms with E-state index >= 15 is 0 Å². The Morgan fingerprint density at radius 2 is 1.66 bits per heavy atom. The quantitative estimate of drug-likeness (QED) is 0.291. The van der Waals surface area contributed by atoms with Gasteiger partial charge in [0.2, 0.25) is 0 Å². The van der Waals surface area contributed by atoms with Crippen LogP contribution in [0.2, 0.25) is 0 Å². The van der Waals surface area contributed by atoms with Crippen LogP contribution in [0.5, 0.6) is 11.5 Å². The van der Waals surface area contributed by atoms with E-state index in [-0.39, 0.29) is 0 Å². The fraction of sp³-hybridized carbons (Fsp3) is 0.172. The molecule has 0 saturated carbocycles. The van der Waals surface area contributed by atoms with Gasteiger partial charge in [-0.25, -0.2) is 0 Å². The summed E-state index contributed by atoms with van der Waals surface area (Å²) in [6.45, 7) is 4.46. The predicted octanol–water partition coefficient (Wildman–Crippen LogP) is 8.08. The summed E-state index contributed by atoms with van der Waals surface area (Å²) in [4.78, 5) is 0. The molecule has 0 saturated heterocycles. The Morgan fingerprint density at radius 1 is 0.875 bits per heavy atom. The average molecular weight is 485 g/mol. The summed E-state index contributed by atoms with van der Waals surface area (Å²) in [5, 5.41) is 2.35. The number of methoxy groups -OCH3 is 1. The smallest absolute Gasteiger partial charge is 0.178 e. The standard InChI is InChI=1S/C29H25BrO2/c1-19(2)23-8-4-5-9-25(23)29(21-12-14-22(31-3)15-13-21)18-17-24-27(32-29)16-11-20-7-6-10-26(30)28(20)24/h4-19H,1-3H3. The maximum absolute atomic E-state index is 6.97. The molecule has 1 aliphatic heterocycles. The number of rotatable bonds is 4. The molecule has 0 amide bonds. The zero-order chi connectivity index (χ0) is 22.3. The number of hydrogen-bond donors (Lipinski definition) is 0. The highest BCUT2D eigenvalue weighted by Crippen LogP contribution is 2.47. The van der Waals surface area contributed by atoms with Gasteiger partial charge >= 0.3 is 0 Å². The van der Waals surface area contributed by atoms with Crippen molar-refractivity contribution in [2.45, 2.75) is 25.4 Å². The second-order valence-electron chi connectivity index (χ2n) is 8.46. The number of fused-ring (bicyclic) bond motifs is 3. The molecule has 0 fully saturated rings. The molecule has 0 N–H and O–H groups in total. The van der Waals surface area contributed by atoms with Crippen LogP contribution in [0.15, 0.2) is 89.4 Å². The first-order valence-electron chi connectivity index (χ1n) is 10.9. The molecule has 1 aliphatic rings. The van der Waals surface area contributed by atoms with Gasteiger partial charge in [-0.2, -0.15) is 0 Å². The molecule has 0 bridgehead atoms. The summed E-state index contributed by atoms with van der Waals surface area (Å²) in [6.07, 6.45) is 4.42. The van der Waals surface area contributed by atoms with E-state index in [9.17, 15) is 0 Å². The molecule has 0 aliphatic carbocycles. The van der Waals surface area contributed by atoms with E-state index in [1.807, 2.05) is 12.1 Å². The number of benzene rings is 4. The van der Waals surface area contributed by atoms with Crippen molar-refractivity contribution in [1.29, 1.82) is 0 Å². The van der Waals surface area contributed by atoms with Gasteiger partial charge in [-0.05, 0) is 53.3 Å². The lowest BCUT2D eigenvalue weighted by Crippen LogP contribution is -2.35. The highest BCUT2D eigenvalue weighted by atomic mass is 79.9. The molecule has 1 heterocycles. The van der Waals surface area contributed by atoms with E-state index < -0.39 is 5.60 Å². The molecule has 4 aromatic rings. The van der Waals surface area contributed by atoms with E-state index in [0.717, 1.165) is 32.7 Å². The molecule has 3 heteroatoms. The molecule has 0 radical (unpaired) electrons. The minimum Gasteiger partial charge on any atom is -0.497 e. The van der Waals surface area contributed by atoms with Crippen LogP contribution in [-0.4, -0.2) is 7.11 Å². The Kier molecular flexibility index (Phi) is 5.30. The second kappa shape index (κ2) is 8.14. The summed E-state index contributed by atoms with van der Waals surface area (Å²) >= 11 is 3.74. The van der Waals surface area contributed by atoms with Crippen LogP contribution in [0.1, 0.15) is 42.0 Å². The lowest BCUT2D eigenvalue weighted by molar-refractivity contribution is 0.160.